The molecule has 2 aromatic rings. The Balaban J connectivity index is 1.72. The van der Waals surface area contributed by atoms with Crippen LogP contribution in [0.3, 0.4) is 0 Å². The minimum Gasteiger partial charge on any atom is -0.497 e. The van der Waals surface area contributed by atoms with Crippen LogP contribution in [0.15, 0.2) is 30.5 Å². The first-order valence-corrected chi connectivity index (χ1v) is 7.76. The smallest absolute Gasteiger partial charge is 0.118 e. The Labute approximate surface area is 125 Å². The van der Waals surface area contributed by atoms with Gasteiger partial charge in [0.05, 0.1) is 7.11 Å². The Morgan fingerprint density at radius 1 is 1.30 bits per heavy atom. The lowest BCUT2D eigenvalue weighted by atomic mass is 10.1. The highest BCUT2D eigenvalue weighted by Crippen LogP contribution is 2.14. The second-order valence-corrected chi connectivity index (χ2v) is 6.35. The molecule has 20 heavy (non-hydrogen) atoms. The molecule has 0 aliphatic rings. The summed E-state index contributed by atoms with van der Waals surface area (Å²) in [5.41, 5.74) is 1.35. The van der Waals surface area contributed by atoms with Gasteiger partial charge in [0.1, 0.15) is 10.8 Å². The van der Waals surface area contributed by atoms with Gasteiger partial charge in [0.2, 0.25) is 0 Å². The van der Waals surface area contributed by atoms with Gasteiger partial charge < -0.3 is 10.1 Å². The van der Waals surface area contributed by atoms with Crippen LogP contribution in [-0.4, -0.2) is 18.1 Å². The van der Waals surface area contributed by atoms with Crippen molar-refractivity contribution < 1.29 is 4.74 Å². The number of methoxy groups -OCH3 is 1. The minimum absolute atomic E-state index is 0.487. The van der Waals surface area contributed by atoms with Crippen molar-refractivity contribution in [2.75, 3.05) is 7.11 Å². The number of benzene rings is 1. The van der Waals surface area contributed by atoms with Crippen LogP contribution in [0, 0.1) is 6.92 Å². The molecule has 1 heterocycles. The molecule has 1 atom stereocenters. The van der Waals surface area contributed by atoms with Crippen molar-refractivity contribution in [3.63, 3.8) is 0 Å². The predicted octanol–water partition coefficient (Wildman–Crippen LogP) is 3.57. The van der Waals surface area contributed by atoms with Crippen molar-refractivity contribution >= 4 is 11.3 Å². The highest BCUT2D eigenvalue weighted by atomic mass is 32.1. The molecule has 0 fully saturated rings. The van der Waals surface area contributed by atoms with E-state index in [4.69, 9.17) is 4.74 Å². The number of rotatable bonds is 7. The molecule has 1 unspecified atom stereocenters. The second kappa shape index (κ2) is 7.41. The Morgan fingerprint density at radius 3 is 2.65 bits per heavy atom. The number of hydrogen-bond donors (Lipinski definition) is 1. The van der Waals surface area contributed by atoms with E-state index in [1.165, 1.54) is 15.4 Å². The van der Waals surface area contributed by atoms with Crippen LogP contribution in [0.25, 0.3) is 0 Å². The number of hydrogen-bond acceptors (Lipinski definition) is 4. The number of aromatic nitrogens is 1. The van der Waals surface area contributed by atoms with Crippen molar-refractivity contribution in [3.8, 4) is 5.75 Å². The second-order valence-electron chi connectivity index (χ2n) is 5.03. The van der Waals surface area contributed by atoms with Crippen LogP contribution >= 0.6 is 11.3 Å². The van der Waals surface area contributed by atoms with Gasteiger partial charge in [-0.25, -0.2) is 4.98 Å². The molecule has 4 heteroatoms. The third-order valence-corrected chi connectivity index (χ3v) is 4.21. The molecule has 0 radical (unpaired) electrons. The third kappa shape index (κ3) is 4.62. The summed E-state index contributed by atoms with van der Waals surface area (Å²) in [6.45, 7) is 5.18. The zero-order chi connectivity index (χ0) is 14.4. The summed E-state index contributed by atoms with van der Waals surface area (Å²) in [5, 5.41) is 4.69. The van der Waals surface area contributed by atoms with Gasteiger partial charge in [-0.3, -0.25) is 0 Å². The van der Waals surface area contributed by atoms with E-state index < -0.39 is 0 Å². The van der Waals surface area contributed by atoms with E-state index in [0.717, 1.165) is 25.1 Å². The first-order valence-electron chi connectivity index (χ1n) is 6.95. The van der Waals surface area contributed by atoms with Crippen molar-refractivity contribution in [2.45, 2.75) is 39.3 Å². The molecule has 2 rings (SSSR count). The van der Waals surface area contributed by atoms with Crippen LogP contribution in [-0.2, 0) is 13.0 Å². The van der Waals surface area contributed by atoms with Crippen LogP contribution in [0.1, 0.15) is 28.8 Å². The average Bonchev–Trinajstić information content (AvgIpc) is 2.89. The Bertz CT molecular complexity index is 522. The first-order chi connectivity index (χ1) is 9.67. The van der Waals surface area contributed by atoms with Gasteiger partial charge >= 0.3 is 0 Å². The maximum Gasteiger partial charge on any atom is 0.118 e. The molecule has 108 valence electrons. The molecule has 0 aliphatic carbocycles. The van der Waals surface area contributed by atoms with Gasteiger partial charge in [-0.15, -0.1) is 11.3 Å². The van der Waals surface area contributed by atoms with E-state index in [1.807, 2.05) is 18.3 Å². The van der Waals surface area contributed by atoms with E-state index in [2.05, 4.69) is 36.3 Å². The summed E-state index contributed by atoms with van der Waals surface area (Å²) in [5.74, 6) is 0.916. The lowest BCUT2D eigenvalue weighted by Crippen LogP contribution is -2.25. The van der Waals surface area contributed by atoms with Gasteiger partial charge in [0, 0.05) is 23.7 Å². The first kappa shape index (κ1) is 15.0. The number of thiazole rings is 1. The molecular formula is C16H22N2OS. The molecule has 3 nitrogen and oxygen atoms in total. The van der Waals surface area contributed by atoms with Gasteiger partial charge in [-0.2, -0.15) is 0 Å². The predicted molar refractivity (Wildman–Crippen MR) is 84.5 cm³/mol. The monoisotopic (exact) mass is 290 g/mol. The van der Waals surface area contributed by atoms with Crippen LogP contribution in [0.2, 0.25) is 0 Å². The molecular weight excluding hydrogens is 268 g/mol. The molecule has 1 aromatic carbocycles. The minimum atomic E-state index is 0.487. The molecule has 0 amide bonds. The summed E-state index contributed by atoms with van der Waals surface area (Å²) < 4.78 is 5.17. The van der Waals surface area contributed by atoms with Crippen molar-refractivity contribution in [2.24, 2.45) is 0 Å². The Kier molecular flexibility index (Phi) is 5.56. The fourth-order valence-corrected chi connectivity index (χ4v) is 2.76. The van der Waals surface area contributed by atoms with E-state index >= 15 is 0 Å². The topological polar surface area (TPSA) is 34.1 Å². The molecule has 0 bridgehead atoms. The highest BCUT2D eigenvalue weighted by Gasteiger charge is 2.04. The quantitative estimate of drug-likeness (QED) is 0.846. The summed E-state index contributed by atoms with van der Waals surface area (Å²) in [6.07, 6.45) is 4.13. The average molecular weight is 290 g/mol. The highest BCUT2D eigenvalue weighted by molar-refractivity contribution is 7.11. The Morgan fingerprint density at radius 2 is 2.05 bits per heavy atom. The summed E-state index contributed by atoms with van der Waals surface area (Å²) in [4.78, 5) is 5.64. The summed E-state index contributed by atoms with van der Waals surface area (Å²) in [6, 6.07) is 8.80. The summed E-state index contributed by atoms with van der Waals surface area (Å²) in [7, 11) is 1.70. The van der Waals surface area contributed by atoms with Crippen LogP contribution in [0.4, 0.5) is 0 Å². The zero-order valence-corrected chi connectivity index (χ0v) is 13.2. The lowest BCUT2D eigenvalue weighted by molar-refractivity contribution is 0.414. The van der Waals surface area contributed by atoms with Crippen molar-refractivity contribution in [3.05, 3.63) is 45.9 Å². The van der Waals surface area contributed by atoms with Crippen molar-refractivity contribution in [1.82, 2.24) is 10.3 Å². The largest absolute Gasteiger partial charge is 0.497 e. The fraction of sp³-hybridized carbons (Fsp3) is 0.438. The SMILES string of the molecule is COc1ccc(CCC(C)NCc2ncc(C)s2)cc1. The van der Waals surface area contributed by atoms with E-state index in [-0.39, 0.29) is 0 Å². The zero-order valence-electron chi connectivity index (χ0n) is 12.3. The molecule has 0 spiro atoms. The maximum atomic E-state index is 5.17. The van der Waals surface area contributed by atoms with Crippen LogP contribution in [0.5, 0.6) is 5.75 Å². The number of nitrogens with one attached hydrogen (secondary N) is 1. The van der Waals surface area contributed by atoms with Gasteiger partial charge in [0.15, 0.2) is 0 Å². The molecule has 0 aliphatic heterocycles. The van der Waals surface area contributed by atoms with E-state index in [9.17, 15) is 0 Å². The number of aryl methyl sites for hydroxylation is 2. The van der Waals surface area contributed by atoms with Gasteiger partial charge in [-0.05, 0) is 44.4 Å². The fourth-order valence-electron chi connectivity index (χ4n) is 2.02. The Hall–Kier alpha value is -1.39. The standard InChI is InChI=1S/C16H22N2OS/c1-12(17-11-16-18-10-13(2)20-16)4-5-14-6-8-15(19-3)9-7-14/h6-10,12,17H,4-5,11H2,1-3H3. The number of nitrogens with zero attached hydrogens (tertiary/aromatic N) is 1. The normalized spacial score (nSPS) is 12.3. The summed E-state index contributed by atoms with van der Waals surface area (Å²) >= 11 is 1.76. The number of ether oxygens (including phenoxy) is 1. The van der Waals surface area contributed by atoms with E-state index in [1.54, 1.807) is 18.4 Å². The van der Waals surface area contributed by atoms with Gasteiger partial charge in [0.25, 0.3) is 0 Å². The maximum absolute atomic E-state index is 5.17. The molecule has 0 saturated heterocycles. The van der Waals surface area contributed by atoms with Gasteiger partial charge in [-0.1, -0.05) is 12.1 Å². The van der Waals surface area contributed by atoms with Crippen LogP contribution < -0.4 is 10.1 Å². The van der Waals surface area contributed by atoms with Crippen molar-refractivity contribution in [1.29, 1.82) is 0 Å². The molecule has 1 N–H and O–H groups in total. The third-order valence-electron chi connectivity index (χ3n) is 3.30. The van der Waals surface area contributed by atoms with E-state index in [0.29, 0.717) is 6.04 Å². The lowest BCUT2D eigenvalue weighted by Gasteiger charge is -2.12. The molecule has 1 aromatic heterocycles. The molecule has 0 saturated carbocycles.